The van der Waals surface area contributed by atoms with Crippen molar-refractivity contribution in [2.45, 2.75) is 12.3 Å². The number of nitrogens with zero attached hydrogens (tertiary/aromatic N) is 2. The van der Waals surface area contributed by atoms with Crippen LogP contribution >= 0.6 is 11.3 Å². The highest BCUT2D eigenvalue weighted by molar-refractivity contribution is 7.26. The first-order chi connectivity index (χ1) is 34.2. The molecule has 0 spiro atoms. The fraction of sp³-hybridized carbons (Fsp3) is 0.0303. The van der Waals surface area contributed by atoms with Gasteiger partial charge in [0, 0.05) is 37.7 Å². The Labute approximate surface area is 404 Å². The molecule has 3 heteroatoms. The zero-order chi connectivity index (χ0) is 45.4. The fourth-order valence-corrected chi connectivity index (χ4v) is 12.1. The maximum Gasteiger partial charge on any atom is 0.0979 e. The van der Waals surface area contributed by atoms with E-state index >= 15 is 0 Å². The van der Waals surface area contributed by atoms with Gasteiger partial charge in [0.2, 0.25) is 0 Å². The summed E-state index contributed by atoms with van der Waals surface area (Å²) in [6.07, 6.45) is 7.50. The van der Waals surface area contributed by atoms with Gasteiger partial charge in [-0.1, -0.05) is 200 Å². The average Bonchev–Trinajstić information content (AvgIpc) is 3.82. The molecule has 1 aliphatic rings. The summed E-state index contributed by atoms with van der Waals surface area (Å²) in [6.45, 7) is 0. The molecule has 1 unspecified atom stereocenters. The Morgan fingerprint density at radius 3 is 2.03 bits per heavy atom. The third-order valence-corrected chi connectivity index (χ3v) is 15.5. The zero-order valence-electron chi connectivity index (χ0n) is 37.4. The molecule has 0 radical (unpaired) electrons. The lowest BCUT2D eigenvalue weighted by Gasteiger charge is -2.23. The Balaban J connectivity index is 0.839. The monoisotopic (exact) mass is 892 g/mol. The van der Waals surface area contributed by atoms with E-state index in [-0.39, 0.29) is 5.92 Å². The van der Waals surface area contributed by atoms with Crippen LogP contribution < -0.4 is 0 Å². The van der Waals surface area contributed by atoms with Crippen molar-refractivity contribution in [3.8, 4) is 55.8 Å². The van der Waals surface area contributed by atoms with Gasteiger partial charge in [-0.3, -0.25) is 4.98 Å². The van der Waals surface area contributed by atoms with Gasteiger partial charge in [-0.05, 0) is 119 Å². The van der Waals surface area contributed by atoms with Crippen LogP contribution in [0.4, 0.5) is 0 Å². The molecular formula is C66H40N2S. The molecule has 13 aromatic rings. The van der Waals surface area contributed by atoms with Crippen LogP contribution in [0.1, 0.15) is 29.0 Å². The molecule has 320 valence electrons. The van der Waals surface area contributed by atoms with E-state index in [9.17, 15) is 0 Å². The minimum absolute atomic E-state index is 0.264. The van der Waals surface area contributed by atoms with Gasteiger partial charge in [-0.2, -0.15) is 0 Å². The lowest BCUT2D eigenvalue weighted by molar-refractivity contribution is 0.821. The summed E-state index contributed by atoms with van der Waals surface area (Å²) in [5, 5.41) is 9.59. The Kier molecular flexibility index (Phi) is 9.15. The highest BCUT2D eigenvalue weighted by atomic mass is 32.1. The number of rotatable bonds is 6. The van der Waals surface area contributed by atoms with Crippen molar-refractivity contribution < 1.29 is 0 Å². The summed E-state index contributed by atoms with van der Waals surface area (Å²) < 4.78 is 2.44. The van der Waals surface area contributed by atoms with Crippen molar-refractivity contribution >= 4 is 80.9 Å². The van der Waals surface area contributed by atoms with Crippen LogP contribution in [0.2, 0.25) is 0 Å². The topological polar surface area (TPSA) is 25.8 Å². The molecule has 0 saturated heterocycles. The second-order valence-corrected chi connectivity index (χ2v) is 19.3. The molecule has 1 aliphatic carbocycles. The molecule has 2 aromatic heterocycles. The maximum absolute atomic E-state index is 5.57. The minimum atomic E-state index is 0.264. The van der Waals surface area contributed by atoms with Gasteiger partial charge in [0.05, 0.1) is 27.6 Å². The summed E-state index contributed by atoms with van der Waals surface area (Å²) >= 11 is 1.79. The highest BCUT2D eigenvalue weighted by Crippen LogP contribution is 2.43. The van der Waals surface area contributed by atoms with Gasteiger partial charge in [0.25, 0.3) is 0 Å². The van der Waals surface area contributed by atoms with Gasteiger partial charge < -0.3 is 0 Å². The quantitative estimate of drug-likeness (QED) is 0.155. The van der Waals surface area contributed by atoms with E-state index in [1.54, 1.807) is 11.3 Å². The molecule has 1 atom stereocenters. The SMILES string of the molecule is c1ccc2c(c#1)sc1c(-c3ccc(-c4ccc(-c5cccc(-c6cnc7c8cc(-c9cccc%10ccccc9%10)ccc8c8ccc(C9CC=Cc%10ccccc%109)cc8c7n6)c5)cc4)cc3)cccc12. The Bertz CT molecular complexity index is 4210. The summed E-state index contributed by atoms with van der Waals surface area (Å²) in [4.78, 5) is 10.9. The van der Waals surface area contributed by atoms with Crippen LogP contribution in [0.5, 0.6) is 0 Å². The first-order valence-corrected chi connectivity index (χ1v) is 24.5. The fourth-order valence-electron chi connectivity index (χ4n) is 10.9. The second kappa shape index (κ2) is 16.0. The molecule has 0 N–H and O–H groups in total. The zero-order valence-corrected chi connectivity index (χ0v) is 38.3. The van der Waals surface area contributed by atoms with Crippen LogP contribution in [0, 0.1) is 12.1 Å². The number of hydrogen-bond acceptors (Lipinski definition) is 3. The number of hydrogen-bond donors (Lipinski definition) is 0. The molecular weight excluding hydrogens is 853 g/mol. The number of benzene rings is 10. The normalized spacial score (nSPS) is 13.4. The van der Waals surface area contributed by atoms with Crippen LogP contribution in [-0.4, -0.2) is 9.97 Å². The van der Waals surface area contributed by atoms with E-state index in [4.69, 9.17) is 9.97 Å². The molecule has 0 fully saturated rings. The van der Waals surface area contributed by atoms with E-state index in [2.05, 4.69) is 224 Å². The molecule has 0 aliphatic heterocycles. The van der Waals surface area contributed by atoms with Gasteiger partial charge in [0.1, 0.15) is 0 Å². The molecule has 0 bridgehead atoms. The standard InChI is InChI=1S/C66H40N2S/c1-3-17-51-44(11-1)13-8-20-53(51)48-33-35-56-57-36-34-49(54-21-9-14-45-12-2-4-18-52(45)54)39-61(57)65-64(60(56)38-48)67-40-62(68-65)50-16-7-15-47(37-50)43-27-25-41(26-28-43)42-29-31-46(32-30-42)55-22-10-23-59-58-19-5-6-24-63(58)69-66(55)59/h1-5,7-20,22-23,25-40,54H,21H2. The second-order valence-electron chi connectivity index (χ2n) is 18.2. The number of fused-ring (bicyclic) bond motifs is 11. The van der Waals surface area contributed by atoms with E-state index < -0.39 is 0 Å². The largest absolute Gasteiger partial charge is 0.252 e. The Morgan fingerprint density at radius 2 is 1.14 bits per heavy atom. The third kappa shape index (κ3) is 6.64. The summed E-state index contributed by atoms with van der Waals surface area (Å²) in [5.74, 6) is 0.264. The minimum Gasteiger partial charge on any atom is -0.252 e. The maximum atomic E-state index is 5.57. The molecule has 2 heterocycles. The molecule has 0 saturated carbocycles. The van der Waals surface area contributed by atoms with E-state index in [0.29, 0.717) is 0 Å². The predicted octanol–water partition coefficient (Wildman–Crippen LogP) is 17.9. The summed E-state index contributed by atoms with van der Waals surface area (Å²) in [6, 6.07) is 81.7. The molecule has 11 aromatic carbocycles. The van der Waals surface area contributed by atoms with Gasteiger partial charge in [-0.25, -0.2) is 4.98 Å². The van der Waals surface area contributed by atoms with Crippen LogP contribution in [0.3, 0.4) is 0 Å². The first kappa shape index (κ1) is 39.5. The third-order valence-electron chi connectivity index (χ3n) is 14.4. The smallest absolute Gasteiger partial charge is 0.0979 e. The van der Waals surface area contributed by atoms with Crippen molar-refractivity contribution in [2.75, 3.05) is 0 Å². The molecule has 0 amide bonds. The van der Waals surface area contributed by atoms with Crippen molar-refractivity contribution in [3.05, 3.63) is 247 Å². The predicted molar refractivity (Wildman–Crippen MR) is 292 cm³/mol. The van der Waals surface area contributed by atoms with Crippen molar-refractivity contribution in [1.82, 2.24) is 9.97 Å². The number of thiophene rings is 1. The van der Waals surface area contributed by atoms with E-state index in [1.165, 1.54) is 87.1 Å². The molecule has 14 rings (SSSR count). The highest BCUT2D eigenvalue weighted by Gasteiger charge is 2.21. The van der Waals surface area contributed by atoms with Crippen LogP contribution in [0.25, 0.3) is 125 Å². The van der Waals surface area contributed by atoms with Crippen molar-refractivity contribution in [1.29, 1.82) is 0 Å². The van der Waals surface area contributed by atoms with Crippen molar-refractivity contribution in [3.63, 3.8) is 0 Å². The van der Waals surface area contributed by atoms with Gasteiger partial charge in [-0.15, -0.1) is 11.3 Å². The van der Waals surface area contributed by atoms with E-state index in [0.717, 1.165) is 55.3 Å². The van der Waals surface area contributed by atoms with Crippen molar-refractivity contribution in [2.24, 2.45) is 0 Å². The lowest BCUT2D eigenvalue weighted by atomic mass is 9.81. The number of aromatic nitrogens is 2. The van der Waals surface area contributed by atoms with Crippen LogP contribution in [-0.2, 0) is 0 Å². The van der Waals surface area contributed by atoms with E-state index in [1.807, 2.05) is 12.3 Å². The summed E-state index contributed by atoms with van der Waals surface area (Å²) in [7, 11) is 0. The molecule has 69 heavy (non-hydrogen) atoms. The van der Waals surface area contributed by atoms with Gasteiger partial charge >= 0.3 is 0 Å². The average molecular weight is 893 g/mol. The summed E-state index contributed by atoms with van der Waals surface area (Å²) in [5.41, 5.74) is 17.2. The molecule has 2 nitrogen and oxygen atoms in total. The first-order valence-electron chi connectivity index (χ1n) is 23.6. The van der Waals surface area contributed by atoms with Gasteiger partial charge in [0.15, 0.2) is 0 Å². The Hall–Kier alpha value is -8.68. The van der Waals surface area contributed by atoms with Crippen LogP contribution in [0.15, 0.2) is 219 Å². The Morgan fingerprint density at radius 1 is 0.464 bits per heavy atom. The lowest BCUT2D eigenvalue weighted by Crippen LogP contribution is -2.05. The number of allylic oxidation sites excluding steroid dienone is 1.